The summed E-state index contributed by atoms with van der Waals surface area (Å²) in [6, 6.07) is 0. The van der Waals surface area contributed by atoms with Gasteiger partial charge in [-0.3, -0.25) is 14.4 Å². The number of carbonyl (C=O) groups excluding carboxylic acids is 2. The number of hydrogen-bond acceptors (Lipinski definition) is 4. The molecule has 5 heteroatoms. The molecule has 0 unspecified atom stereocenters. The lowest BCUT2D eigenvalue weighted by Gasteiger charge is -2.70. The Hall–Kier alpha value is -1.65. The maximum Gasteiger partial charge on any atom is 0.309 e. The molecule has 0 spiro atoms. The fraction of sp³-hybridized carbons (Fsp3) is 0.844. The molecule has 5 aliphatic rings. The largest absolute Gasteiger partial charge is 0.481 e. The molecule has 37 heavy (non-hydrogen) atoms. The molecule has 5 nitrogen and oxygen atoms in total. The van der Waals surface area contributed by atoms with Gasteiger partial charge in [-0.05, 0) is 104 Å². The lowest BCUT2D eigenvalue weighted by molar-refractivity contribution is -0.210. The van der Waals surface area contributed by atoms with E-state index in [1.54, 1.807) is 0 Å². The first-order chi connectivity index (χ1) is 16.9. The van der Waals surface area contributed by atoms with Gasteiger partial charge >= 0.3 is 11.9 Å². The maximum atomic E-state index is 14.4. The molecule has 0 saturated heterocycles. The number of esters is 1. The minimum Gasteiger partial charge on any atom is -0.481 e. The summed E-state index contributed by atoms with van der Waals surface area (Å²) in [5.41, 5.74) is -0.0327. The first-order valence-corrected chi connectivity index (χ1v) is 14.6. The van der Waals surface area contributed by atoms with Crippen LogP contribution in [0.1, 0.15) is 113 Å². The Morgan fingerprint density at radius 3 is 2.19 bits per heavy atom. The number of allylic oxidation sites excluding steroid dienone is 2. The van der Waals surface area contributed by atoms with Crippen LogP contribution in [0.3, 0.4) is 0 Å². The first-order valence-electron chi connectivity index (χ1n) is 14.6. The Kier molecular flexibility index (Phi) is 5.78. The number of carboxylic acid groups (broad SMARTS) is 1. The maximum absolute atomic E-state index is 14.4. The van der Waals surface area contributed by atoms with Gasteiger partial charge in [-0.15, -0.1) is 0 Å². The molecule has 0 aromatic rings. The van der Waals surface area contributed by atoms with Crippen molar-refractivity contribution in [2.24, 2.45) is 50.2 Å². The lowest BCUT2D eigenvalue weighted by Crippen LogP contribution is -2.66. The fourth-order valence-electron chi connectivity index (χ4n) is 10.8. The SMILES string of the molecule is CC(=O)O[C@@H]1CC[C@]2(C)[C@H](CC[C@]3(C)[C@H]2C(=O)C=C2[C@H]4C[C@](C)(C(=O)O)CC[C@]4(C)CC[C@]23C)C1(C)C. The van der Waals surface area contributed by atoms with Crippen LogP contribution in [-0.2, 0) is 19.1 Å². The molecule has 9 atom stereocenters. The van der Waals surface area contributed by atoms with Crippen LogP contribution in [0.25, 0.3) is 0 Å². The summed E-state index contributed by atoms with van der Waals surface area (Å²) in [6.07, 6.45) is 10.0. The van der Waals surface area contributed by atoms with Crippen molar-refractivity contribution in [1.82, 2.24) is 0 Å². The highest BCUT2D eigenvalue weighted by atomic mass is 16.5. The Balaban J connectivity index is 1.58. The monoisotopic (exact) mass is 512 g/mol. The molecule has 0 bridgehead atoms. The Morgan fingerprint density at radius 2 is 1.57 bits per heavy atom. The van der Waals surface area contributed by atoms with Crippen LogP contribution in [-0.4, -0.2) is 28.9 Å². The van der Waals surface area contributed by atoms with Crippen molar-refractivity contribution >= 4 is 17.7 Å². The molecule has 0 aromatic carbocycles. The number of carbonyl (C=O) groups is 3. The number of fused-ring (bicyclic) bond motifs is 7. The quantitative estimate of drug-likeness (QED) is 0.404. The third-order valence-electron chi connectivity index (χ3n) is 13.3. The highest BCUT2D eigenvalue weighted by Gasteiger charge is 2.70. The number of rotatable bonds is 2. The van der Waals surface area contributed by atoms with Crippen molar-refractivity contribution < 1.29 is 24.2 Å². The zero-order valence-corrected chi connectivity index (χ0v) is 24.3. The average Bonchev–Trinajstić information content (AvgIpc) is 2.78. The van der Waals surface area contributed by atoms with E-state index >= 15 is 0 Å². The summed E-state index contributed by atoms with van der Waals surface area (Å²) in [7, 11) is 0. The summed E-state index contributed by atoms with van der Waals surface area (Å²) in [5.74, 6) is -0.280. The Morgan fingerprint density at radius 1 is 0.919 bits per heavy atom. The van der Waals surface area contributed by atoms with Crippen LogP contribution < -0.4 is 0 Å². The fourth-order valence-corrected chi connectivity index (χ4v) is 10.8. The van der Waals surface area contributed by atoms with Gasteiger partial charge in [-0.2, -0.15) is 0 Å². The molecule has 0 heterocycles. The van der Waals surface area contributed by atoms with E-state index in [0.29, 0.717) is 18.8 Å². The van der Waals surface area contributed by atoms with Gasteiger partial charge in [0.15, 0.2) is 5.78 Å². The minimum absolute atomic E-state index is 0.0644. The van der Waals surface area contributed by atoms with Gasteiger partial charge in [-0.25, -0.2) is 0 Å². The van der Waals surface area contributed by atoms with E-state index < -0.39 is 11.4 Å². The zero-order chi connectivity index (χ0) is 27.4. The normalized spacial score (nSPS) is 50.5. The number of ketones is 1. The summed E-state index contributed by atoms with van der Waals surface area (Å²) >= 11 is 0. The van der Waals surface area contributed by atoms with Crippen LogP contribution in [0.4, 0.5) is 0 Å². The second kappa shape index (κ2) is 7.94. The van der Waals surface area contributed by atoms with Gasteiger partial charge in [0.2, 0.25) is 0 Å². The molecule has 4 saturated carbocycles. The molecule has 0 aromatic heterocycles. The molecule has 206 valence electrons. The third-order valence-corrected chi connectivity index (χ3v) is 13.3. The van der Waals surface area contributed by atoms with Crippen molar-refractivity contribution in [2.45, 2.75) is 119 Å². The second-order valence-corrected chi connectivity index (χ2v) is 15.5. The highest BCUT2D eigenvalue weighted by Crippen LogP contribution is 2.75. The number of aliphatic carboxylic acids is 1. The van der Waals surface area contributed by atoms with E-state index in [-0.39, 0.29) is 56.8 Å². The van der Waals surface area contributed by atoms with Crippen molar-refractivity contribution in [3.8, 4) is 0 Å². The van der Waals surface area contributed by atoms with E-state index in [1.807, 2.05) is 13.0 Å². The number of carboxylic acids is 1. The molecule has 0 radical (unpaired) electrons. The number of hydrogen-bond donors (Lipinski definition) is 1. The topological polar surface area (TPSA) is 80.7 Å². The lowest BCUT2D eigenvalue weighted by atomic mass is 9.33. The van der Waals surface area contributed by atoms with Gasteiger partial charge in [0.25, 0.3) is 0 Å². The summed E-state index contributed by atoms with van der Waals surface area (Å²) in [5, 5.41) is 10.1. The van der Waals surface area contributed by atoms with Gasteiger partial charge < -0.3 is 9.84 Å². The third kappa shape index (κ3) is 3.43. The van der Waals surface area contributed by atoms with Crippen LogP contribution in [0.5, 0.6) is 0 Å². The highest BCUT2D eigenvalue weighted by molar-refractivity contribution is 5.95. The Bertz CT molecular complexity index is 1070. The van der Waals surface area contributed by atoms with Gasteiger partial charge in [0.1, 0.15) is 6.10 Å². The molecular weight excluding hydrogens is 464 g/mol. The summed E-state index contributed by atoms with van der Waals surface area (Å²) < 4.78 is 5.82. The van der Waals surface area contributed by atoms with E-state index in [0.717, 1.165) is 44.9 Å². The van der Waals surface area contributed by atoms with Gasteiger partial charge in [0, 0.05) is 18.3 Å². The summed E-state index contributed by atoms with van der Waals surface area (Å²) in [6.45, 7) is 17.4. The molecule has 1 N–H and O–H groups in total. The van der Waals surface area contributed by atoms with Crippen LogP contribution in [0, 0.1) is 50.2 Å². The second-order valence-electron chi connectivity index (χ2n) is 15.5. The molecule has 5 rings (SSSR count). The first kappa shape index (κ1) is 26.9. The van der Waals surface area contributed by atoms with Gasteiger partial charge in [-0.1, -0.05) is 47.1 Å². The molecule has 5 aliphatic carbocycles. The van der Waals surface area contributed by atoms with Gasteiger partial charge in [0.05, 0.1) is 5.41 Å². The Labute approximate surface area is 223 Å². The van der Waals surface area contributed by atoms with E-state index in [1.165, 1.54) is 12.5 Å². The van der Waals surface area contributed by atoms with Crippen LogP contribution in [0.15, 0.2) is 11.6 Å². The molecule has 0 aliphatic heterocycles. The minimum atomic E-state index is -0.729. The standard InChI is InChI=1S/C32H48O5/c1-19(33)37-24-10-11-30(6)23(27(24,2)3)9-12-32(8)25(30)22(34)17-20-21-18-29(5,26(35)36)14-13-28(21,4)15-16-31(20,32)7/h17,21,23-25H,9-16,18H2,1-8H3,(H,35,36)/t21-,23-,24-,25+,28-,29-,30-,31-,32-/m1/s1. The van der Waals surface area contributed by atoms with Crippen molar-refractivity contribution in [1.29, 1.82) is 0 Å². The van der Waals surface area contributed by atoms with Crippen LogP contribution >= 0.6 is 0 Å². The zero-order valence-electron chi connectivity index (χ0n) is 24.3. The van der Waals surface area contributed by atoms with Crippen LogP contribution in [0.2, 0.25) is 0 Å². The predicted octanol–water partition coefficient (Wildman–Crippen LogP) is 6.98. The number of ether oxygens (including phenoxy) is 1. The molecular formula is C32H48O5. The van der Waals surface area contributed by atoms with Crippen molar-refractivity contribution in [3.05, 3.63) is 11.6 Å². The summed E-state index contributed by atoms with van der Waals surface area (Å²) in [4.78, 5) is 38.5. The molecule has 0 amide bonds. The predicted molar refractivity (Wildman–Crippen MR) is 143 cm³/mol. The average molecular weight is 513 g/mol. The van der Waals surface area contributed by atoms with E-state index in [4.69, 9.17) is 4.74 Å². The van der Waals surface area contributed by atoms with Crippen molar-refractivity contribution in [3.63, 3.8) is 0 Å². The van der Waals surface area contributed by atoms with E-state index in [9.17, 15) is 19.5 Å². The van der Waals surface area contributed by atoms with Crippen molar-refractivity contribution in [2.75, 3.05) is 0 Å². The molecule has 4 fully saturated rings. The van der Waals surface area contributed by atoms with E-state index in [2.05, 4.69) is 41.5 Å². The smallest absolute Gasteiger partial charge is 0.309 e.